The summed E-state index contributed by atoms with van der Waals surface area (Å²) in [5, 5.41) is 11.4. The maximum absolute atomic E-state index is 12.1. The number of pyridine rings is 1. The Bertz CT molecular complexity index is 666. The average Bonchev–Trinajstić information content (AvgIpc) is 2.52. The van der Waals surface area contributed by atoms with Gasteiger partial charge in [-0.15, -0.1) is 0 Å². The van der Waals surface area contributed by atoms with Gasteiger partial charge in [0.15, 0.2) is 0 Å². The van der Waals surface area contributed by atoms with Crippen LogP contribution in [-0.4, -0.2) is 22.0 Å². The van der Waals surface area contributed by atoms with Crippen LogP contribution in [0.15, 0.2) is 54.7 Å². The van der Waals surface area contributed by atoms with E-state index in [1.165, 1.54) is 12.3 Å². The standard InChI is InChI=1S/C16H14N2O3/c19-14(20)9-8-13-7-4-10-17-15(13)16(21)18-11-12-5-2-1-3-6-12/h1-10H,11H2,(H,18,21)(H,19,20)/b9-8+. The zero-order valence-corrected chi connectivity index (χ0v) is 11.2. The van der Waals surface area contributed by atoms with Gasteiger partial charge in [-0.1, -0.05) is 36.4 Å². The molecule has 0 aliphatic carbocycles. The fourth-order valence-corrected chi connectivity index (χ4v) is 1.76. The number of carbonyl (C=O) groups excluding carboxylic acids is 1. The second kappa shape index (κ2) is 7.00. The highest BCUT2D eigenvalue weighted by Gasteiger charge is 2.10. The molecular weight excluding hydrogens is 268 g/mol. The van der Waals surface area contributed by atoms with Crippen LogP contribution in [0.1, 0.15) is 21.6 Å². The normalized spacial score (nSPS) is 10.5. The molecule has 0 spiro atoms. The molecule has 0 radical (unpaired) electrons. The van der Waals surface area contributed by atoms with Crippen molar-refractivity contribution in [2.45, 2.75) is 6.54 Å². The summed E-state index contributed by atoms with van der Waals surface area (Å²) < 4.78 is 0. The van der Waals surface area contributed by atoms with Gasteiger partial charge in [-0.25, -0.2) is 4.79 Å². The van der Waals surface area contributed by atoms with Gasteiger partial charge in [0.1, 0.15) is 5.69 Å². The van der Waals surface area contributed by atoms with E-state index in [1.54, 1.807) is 12.1 Å². The summed E-state index contributed by atoms with van der Waals surface area (Å²) in [4.78, 5) is 26.7. The van der Waals surface area contributed by atoms with Gasteiger partial charge in [-0.3, -0.25) is 9.78 Å². The number of carboxylic acid groups (broad SMARTS) is 1. The maximum Gasteiger partial charge on any atom is 0.328 e. The Balaban J connectivity index is 2.10. The molecule has 21 heavy (non-hydrogen) atoms. The van der Waals surface area contributed by atoms with Crippen molar-refractivity contribution in [3.8, 4) is 0 Å². The van der Waals surface area contributed by atoms with E-state index in [9.17, 15) is 9.59 Å². The lowest BCUT2D eigenvalue weighted by Crippen LogP contribution is -2.24. The Morgan fingerprint density at radius 1 is 1.14 bits per heavy atom. The highest BCUT2D eigenvalue weighted by molar-refractivity contribution is 5.97. The summed E-state index contributed by atoms with van der Waals surface area (Å²) in [6.45, 7) is 0.387. The molecule has 0 unspecified atom stereocenters. The molecule has 1 aromatic carbocycles. The molecule has 0 bridgehead atoms. The van der Waals surface area contributed by atoms with Crippen molar-refractivity contribution in [1.29, 1.82) is 0 Å². The summed E-state index contributed by atoms with van der Waals surface area (Å²) >= 11 is 0. The first-order chi connectivity index (χ1) is 10.2. The molecule has 2 N–H and O–H groups in total. The predicted molar refractivity (Wildman–Crippen MR) is 78.5 cm³/mol. The number of rotatable bonds is 5. The smallest absolute Gasteiger partial charge is 0.328 e. The molecule has 106 valence electrons. The fraction of sp³-hybridized carbons (Fsp3) is 0.0625. The van der Waals surface area contributed by atoms with Crippen molar-refractivity contribution in [3.63, 3.8) is 0 Å². The molecule has 5 nitrogen and oxygen atoms in total. The molecule has 2 aromatic rings. The maximum atomic E-state index is 12.1. The number of hydrogen-bond acceptors (Lipinski definition) is 3. The predicted octanol–water partition coefficient (Wildman–Crippen LogP) is 2.11. The zero-order chi connectivity index (χ0) is 15.1. The highest BCUT2D eigenvalue weighted by atomic mass is 16.4. The third-order valence-electron chi connectivity index (χ3n) is 2.76. The van der Waals surface area contributed by atoms with Crippen molar-refractivity contribution in [1.82, 2.24) is 10.3 Å². The number of aromatic nitrogens is 1. The minimum absolute atomic E-state index is 0.200. The summed E-state index contributed by atoms with van der Waals surface area (Å²) in [6, 6.07) is 12.8. The number of benzene rings is 1. The van der Waals surface area contributed by atoms with Crippen LogP contribution >= 0.6 is 0 Å². The van der Waals surface area contributed by atoms with E-state index in [1.807, 2.05) is 30.3 Å². The molecule has 5 heteroatoms. The first-order valence-electron chi connectivity index (χ1n) is 6.35. The molecule has 0 saturated carbocycles. The number of carboxylic acids is 1. The molecular formula is C16H14N2O3. The van der Waals surface area contributed by atoms with Gasteiger partial charge in [0, 0.05) is 24.4 Å². The topological polar surface area (TPSA) is 79.3 Å². The van der Waals surface area contributed by atoms with Gasteiger partial charge < -0.3 is 10.4 Å². The van der Waals surface area contributed by atoms with E-state index in [-0.39, 0.29) is 11.6 Å². The number of carbonyl (C=O) groups is 2. The van der Waals surface area contributed by atoms with Gasteiger partial charge in [-0.2, -0.15) is 0 Å². The molecule has 1 heterocycles. The van der Waals surface area contributed by atoms with Crippen LogP contribution in [0.3, 0.4) is 0 Å². The number of amides is 1. The first kappa shape index (κ1) is 14.5. The van der Waals surface area contributed by atoms with E-state index in [0.29, 0.717) is 12.1 Å². The number of aliphatic carboxylic acids is 1. The van der Waals surface area contributed by atoms with Crippen molar-refractivity contribution in [3.05, 3.63) is 71.6 Å². The number of hydrogen-bond donors (Lipinski definition) is 2. The summed E-state index contributed by atoms with van der Waals surface area (Å²) in [5.74, 6) is -1.42. The van der Waals surface area contributed by atoms with Crippen LogP contribution in [-0.2, 0) is 11.3 Å². The second-order valence-electron chi connectivity index (χ2n) is 4.28. The Morgan fingerprint density at radius 3 is 2.62 bits per heavy atom. The lowest BCUT2D eigenvalue weighted by molar-refractivity contribution is -0.131. The lowest BCUT2D eigenvalue weighted by atomic mass is 10.1. The summed E-state index contributed by atoms with van der Waals surface area (Å²) in [6.07, 6.45) is 3.83. The molecule has 0 aliphatic rings. The zero-order valence-electron chi connectivity index (χ0n) is 11.2. The van der Waals surface area contributed by atoms with Gasteiger partial charge in [0.25, 0.3) is 5.91 Å². The fourth-order valence-electron chi connectivity index (χ4n) is 1.76. The average molecular weight is 282 g/mol. The largest absolute Gasteiger partial charge is 0.478 e. The van der Waals surface area contributed by atoms with E-state index in [0.717, 1.165) is 11.6 Å². The highest BCUT2D eigenvalue weighted by Crippen LogP contribution is 2.08. The van der Waals surface area contributed by atoms with Crippen LogP contribution in [0.5, 0.6) is 0 Å². The summed E-state index contributed by atoms with van der Waals surface area (Å²) in [5.41, 5.74) is 1.64. The molecule has 1 aromatic heterocycles. The Hall–Kier alpha value is -2.95. The minimum Gasteiger partial charge on any atom is -0.478 e. The third kappa shape index (κ3) is 4.28. The van der Waals surface area contributed by atoms with Crippen molar-refractivity contribution < 1.29 is 14.7 Å². The minimum atomic E-state index is -1.07. The van der Waals surface area contributed by atoms with Crippen LogP contribution in [0, 0.1) is 0 Å². The molecule has 1 amide bonds. The monoisotopic (exact) mass is 282 g/mol. The molecule has 0 aliphatic heterocycles. The Kier molecular flexibility index (Phi) is 4.82. The van der Waals surface area contributed by atoms with Crippen LogP contribution in [0.4, 0.5) is 0 Å². The van der Waals surface area contributed by atoms with E-state index >= 15 is 0 Å². The molecule has 0 atom stereocenters. The summed E-state index contributed by atoms with van der Waals surface area (Å²) in [7, 11) is 0. The van der Waals surface area contributed by atoms with Crippen molar-refractivity contribution in [2.75, 3.05) is 0 Å². The quantitative estimate of drug-likeness (QED) is 0.823. The van der Waals surface area contributed by atoms with Gasteiger partial charge >= 0.3 is 5.97 Å². The van der Waals surface area contributed by atoms with Crippen LogP contribution in [0.2, 0.25) is 0 Å². The van der Waals surface area contributed by atoms with Crippen LogP contribution in [0.25, 0.3) is 6.08 Å². The van der Waals surface area contributed by atoms with Crippen LogP contribution < -0.4 is 5.32 Å². The van der Waals surface area contributed by atoms with Gasteiger partial charge in [0.2, 0.25) is 0 Å². The third-order valence-corrected chi connectivity index (χ3v) is 2.76. The molecule has 0 saturated heterocycles. The molecule has 2 rings (SSSR count). The van der Waals surface area contributed by atoms with E-state index < -0.39 is 5.97 Å². The van der Waals surface area contributed by atoms with Gasteiger partial charge in [-0.05, 0) is 17.7 Å². The second-order valence-corrected chi connectivity index (χ2v) is 4.28. The number of nitrogens with zero attached hydrogens (tertiary/aromatic N) is 1. The van der Waals surface area contributed by atoms with Gasteiger partial charge in [0.05, 0.1) is 0 Å². The van der Waals surface area contributed by atoms with E-state index in [2.05, 4.69) is 10.3 Å². The Labute approximate surface area is 122 Å². The SMILES string of the molecule is O=C(O)/C=C/c1cccnc1C(=O)NCc1ccccc1. The van der Waals surface area contributed by atoms with Crippen molar-refractivity contribution in [2.24, 2.45) is 0 Å². The lowest BCUT2D eigenvalue weighted by Gasteiger charge is -2.07. The Morgan fingerprint density at radius 2 is 1.90 bits per heavy atom. The number of nitrogens with one attached hydrogen (secondary N) is 1. The van der Waals surface area contributed by atoms with E-state index in [4.69, 9.17) is 5.11 Å². The first-order valence-corrected chi connectivity index (χ1v) is 6.35. The van der Waals surface area contributed by atoms with Crippen molar-refractivity contribution >= 4 is 18.0 Å². The molecule has 0 fully saturated rings.